The van der Waals surface area contributed by atoms with E-state index in [1.165, 1.54) is 31.5 Å². The molecular formula is C20H24N4O4. The fraction of sp³-hybridized carbons (Fsp3) is 0.400. The van der Waals surface area contributed by atoms with Gasteiger partial charge in [-0.25, -0.2) is 5.43 Å². The molecule has 148 valence electrons. The quantitative estimate of drug-likeness (QED) is 0.431. The van der Waals surface area contributed by atoms with Gasteiger partial charge in [0.1, 0.15) is 11.5 Å². The van der Waals surface area contributed by atoms with Crippen molar-refractivity contribution in [3.8, 4) is 11.3 Å². The van der Waals surface area contributed by atoms with Crippen molar-refractivity contribution in [2.24, 2.45) is 5.10 Å². The molecule has 1 fully saturated rings. The van der Waals surface area contributed by atoms with Crippen LogP contribution >= 0.6 is 0 Å². The standard InChI is InChI=1S/C20H24N4O4/c1-14-7-8-15(11-18(14)24(26)27)19-10-9-17(28-19)12-22-23-20(25)13-21-16-5-3-2-4-6-16/h7-12,16,21H,2-6,13H2,1H3,(H,23,25)/b22-12-. The molecule has 1 aliphatic rings. The fourth-order valence-corrected chi connectivity index (χ4v) is 3.29. The molecule has 1 aromatic carbocycles. The lowest BCUT2D eigenvalue weighted by molar-refractivity contribution is -0.385. The molecule has 0 aliphatic heterocycles. The van der Waals surface area contributed by atoms with E-state index in [4.69, 9.17) is 4.42 Å². The van der Waals surface area contributed by atoms with Gasteiger partial charge in [0.15, 0.2) is 0 Å². The Labute approximate surface area is 163 Å². The zero-order chi connectivity index (χ0) is 19.9. The van der Waals surface area contributed by atoms with Crippen LogP contribution in [0.25, 0.3) is 11.3 Å². The summed E-state index contributed by atoms with van der Waals surface area (Å²) in [6.07, 6.45) is 7.33. The van der Waals surface area contributed by atoms with Crippen LogP contribution in [0.1, 0.15) is 43.4 Å². The molecule has 0 spiro atoms. The zero-order valence-corrected chi connectivity index (χ0v) is 15.8. The first-order valence-corrected chi connectivity index (χ1v) is 9.43. The third-order valence-electron chi connectivity index (χ3n) is 4.85. The van der Waals surface area contributed by atoms with Crippen molar-refractivity contribution < 1.29 is 14.1 Å². The monoisotopic (exact) mass is 384 g/mol. The molecule has 8 heteroatoms. The van der Waals surface area contributed by atoms with E-state index in [2.05, 4.69) is 15.8 Å². The summed E-state index contributed by atoms with van der Waals surface area (Å²) in [6.45, 7) is 1.92. The Bertz CT molecular complexity index is 869. The van der Waals surface area contributed by atoms with Gasteiger partial charge in [0.05, 0.1) is 17.7 Å². The van der Waals surface area contributed by atoms with E-state index in [-0.39, 0.29) is 18.1 Å². The van der Waals surface area contributed by atoms with E-state index in [0.29, 0.717) is 28.7 Å². The summed E-state index contributed by atoms with van der Waals surface area (Å²) in [7, 11) is 0. The van der Waals surface area contributed by atoms with Crippen molar-refractivity contribution in [2.75, 3.05) is 6.54 Å². The van der Waals surface area contributed by atoms with Crippen LogP contribution in [-0.4, -0.2) is 29.6 Å². The second kappa shape index (κ2) is 9.27. The number of furan rings is 1. The number of nitrogens with one attached hydrogen (secondary N) is 2. The topological polar surface area (TPSA) is 110 Å². The van der Waals surface area contributed by atoms with Crippen molar-refractivity contribution in [1.29, 1.82) is 0 Å². The van der Waals surface area contributed by atoms with Crippen molar-refractivity contribution in [3.63, 3.8) is 0 Å². The number of carbonyl (C=O) groups excluding carboxylic acids is 1. The molecule has 1 heterocycles. The first-order valence-electron chi connectivity index (χ1n) is 9.43. The number of hydrogen-bond acceptors (Lipinski definition) is 6. The Balaban J connectivity index is 1.53. The number of nitro groups is 1. The molecule has 0 atom stereocenters. The van der Waals surface area contributed by atoms with Gasteiger partial charge in [-0.2, -0.15) is 5.10 Å². The number of hydrazone groups is 1. The minimum Gasteiger partial charge on any atom is -0.455 e. The number of rotatable bonds is 7. The minimum atomic E-state index is -0.416. The smallest absolute Gasteiger partial charge is 0.273 e. The molecule has 28 heavy (non-hydrogen) atoms. The molecule has 1 amide bonds. The molecule has 0 radical (unpaired) electrons. The molecule has 1 saturated carbocycles. The molecule has 0 unspecified atom stereocenters. The first-order chi connectivity index (χ1) is 13.5. The number of benzene rings is 1. The molecule has 0 saturated heterocycles. The molecule has 2 aromatic rings. The number of nitro benzene ring substituents is 1. The number of carbonyl (C=O) groups is 1. The van der Waals surface area contributed by atoms with Crippen LogP contribution in [0.4, 0.5) is 5.69 Å². The molecule has 8 nitrogen and oxygen atoms in total. The minimum absolute atomic E-state index is 0.0434. The average Bonchev–Trinajstić information content (AvgIpc) is 3.16. The van der Waals surface area contributed by atoms with Gasteiger partial charge in [0.2, 0.25) is 0 Å². The lowest BCUT2D eigenvalue weighted by Gasteiger charge is -2.22. The summed E-state index contributed by atoms with van der Waals surface area (Å²) < 4.78 is 5.64. The van der Waals surface area contributed by atoms with Gasteiger partial charge < -0.3 is 9.73 Å². The number of aryl methyl sites for hydroxylation is 1. The number of hydrogen-bond donors (Lipinski definition) is 2. The number of amides is 1. The molecule has 2 N–H and O–H groups in total. The predicted molar refractivity (Wildman–Crippen MR) is 106 cm³/mol. The molecular weight excluding hydrogens is 360 g/mol. The Morgan fingerprint density at radius 1 is 1.29 bits per heavy atom. The summed E-state index contributed by atoms with van der Waals surface area (Å²) in [5.41, 5.74) is 3.71. The molecule has 0 bridgehead atoms. The Kier molecular flexibility index (Phi) is 6.54. The van der Waals surface area contributed by atoms with Gasteiger partial charge in [-0.05, 0) is 31.9 Å². The highest BCUT2D eigenvalue weighted by atomic mass is 16.6. The third kappa shape index (κ3) is 5.26. The predicted octanol–water partition coefficient (Wildman–Crippen LogP) is 3.54. The van der Waals surface area contributed by atoms with Crippen LogP contribution in [0.2, 0.25) is 0 Å². The van der Waals surface area contributed by atoms with Crippen molar-refractivity contribution in [2.45, 2.75) is 45.1 Å². The van der Waals surface area contributed by atoms with Gasteiger partial charge in [0, 0.05) is 23.2 Å². The van der Waals surface area contributed by atoms with E-state index in [9.17, 15) is 14.9 Å². The van der Waals surface area contributed by atoms with Gasteiger partial charge in [-0.3, -0.25) is 14.9 Å². The highest BCUT2D eigenvalue weighted by molar-refractivity contribution is 5.82. The molecule has 3 rings (SSSR count). The van der Waals surface area contributed by atoms with Gasteiger partial charge in [-0.15, -0.1) is 0 Å². The highest BCUT2D eigenvalue weighted by Crippen LogP contribution is 2.27. The first kappa shape index (κ1) is 19.8. The Morgan fingerprint density at radius 2 is 2.07 bits per heavy atom. The lowest BCUT2D eigenvalue weighted by Crippen LogP contribution is -2.38. The second-order valence-corrected chi connectivity index (χ2v) is 6.97. The van der Waals surface area contributed by atoms with E-state index >= 15 is 0 Å². The van der Waals surface area contributed by atoms with Crippen LogP contribution in [0.3, 0.4) is 0 Å². The van der Waals surface area contributed by atoms with Crippen LogP contribution in [0, 0.1) is 17.0 Å². The van der Waals surface area contributed by atoms with E-state index in [0.717, 1.165) is 12.8 Å². The summed E-state index contributed by atoms with van der Waals surface area (Å²) >= 11 is 0. The van der Waals surface area contributed by atoms with Crippen LogP contribution in [0.15, 0.2) is 39.9 Å². The van der Waals surface area contributed by atoms with E-state index in [1.54, 1.807) is 31.2 Å². The Hall–Kier alpha value is -3.00. The molecule has 1 aliphatic carbocycles. The Morgan fingerprint density at radius 3 is 2.82 bits per heavy atom. The maximum Gasteiger partial charge on any atom is 0.273 e. The summed E-state index contributed by atoms with van der Waals surface area (Å²) in [5, 5.41) is 18.2. The number of nitrogens with zero attached hydrogens (tertiary/aromatic N) is 2. The van der Waals surface area contributed by atoms with Gasteiger partial charge in [-0.1, -0.05) is 31.4 Å². The fourth-order valence-electron chi connectivity index (χ4n) is 3.29. The maximum atomic E-state index is 11.9. The summed E-state index contributed by atoms with van der Waals surface area (Å²) in [6, 6.07) is 8.74. The van der Waals surface area contributed by atoms with Crippen molar-refractivity contribution in [3.05, 3.63) is 51.8 Å². The van der Waals surface area contributed by atoms with E-state index < -0.39 is 4.92 Å². The van der Waals surface area contributed by atoms with Crippen LogP contribution in [-0.2, 0) is 4.79 Å². The van der Waals surface area contributed by atoms with Gasteiger partial charge in [0.25, 0.3) is 11.6 Å². The maximum absolute atomic E-state index is 11.9. The summed E-state index contributed by atoms with van der Waals surface area (Å²) in [5.74, 6) is 0.733. The third-order valence-corrected chi connectivity index (χ3v) is 4.85. The largest absolute Gasteiger partial charge is 0.455 e. The van der Waals surface area contributed by atoms with Crippen LogP contribution in [0.5, 0.6) is 0 Å². The SMILES string of the molecule is Cc1ccc(-c2ccc(/C=N\NC(=O)CNC3CCCCC3)o2)cc1[N+](=O)[O-]. The molecule has 1 aromatic heterocycles. The van der Waals surface area contributed by atoms with Crippen molar-refractivity contribution in [1.82, 2.24) is 10.7 Å². The van der Waals surface area contributed by atoms with E-state index in [1.807, 2.05) is 0 Å². The van der Waals surface area contributed by atoms with Crippen molar-refractivity contribution >= 4 is 17.8 Å². The normalized spacial score (nSPS) is 15.0. The van der Waals surface area contributed by atoms with Gasteiger partial charge >= 0.3 is 0 Å². The summed E-state index contributed by atoms with van der Waals surface area (Å²) in [4.78, 5) is 22.5. The van der Waals surface area contributed by atoms with Crippen LogP contribution < -0.4 is 10.7 Å². The average molecular weight is 384 g/mol. The highest BCUT2D eigenvalue weighted by Gasteiger charge is 2.14. The zero-order valence-electron chi connectivity index (χ0n) is 15.8. The second-order valence-electron chi connectivity index (χ2n) is 6.97. The lowest BCUT2D eigenvalue weighted by atomic mass is 9.95.